The highest BCUT2D eigenvalue weighted by atomic mass is 16.6. The van der Waals surface area contributed by atoms with Crippen molar-refractivity contribution in [2.24, 2.45) is 17.3 Å². The summed E-state index contributed by atoms with van der Waals surface area (Å²) in [7, 11) is 0. The van der Waals surface area contributed by atoms with Crippen LogP contribution in [0.1, 0.15) is 48.0 Å². The highest BCUT2D eigenvalue weighted by Gasteiger charge is 2.63. The predicted octanol–water partition coefficient (Wildman–Crippen LogP) is 2.55. The Balaban J connectivity index is 2.53. The molecule has 18 heavy (non-hydrogen) atoms. The Morgan fingerprint density at radius 2 is 1.78 bits per heavy atom. The maximum absolute atomic E-state index is 12.0. The van der Waals surface area contributed by atoms with Crippen molar-refractivity contribution in [3.8, 4) is 0 Å². The fraction of sp³-hybridized carbons (Fsp3) is 0.857. The number of rotatable bonds is 4. The molecular formula is C14H24O4. The number of carbonyl (C=O) groups excluding carboxylic acids is 2. The highest BCUT2D eigenvalue weighted by molar-refractivity contribution is 5.78. The third-order valence-corrected chi connectivity index (χ3v) is 3.42. The monoisotopic (exact) mass is 256 g/mol. The van der Waals surface area contributed by atoms with Gasteiger partial charge in [0.1, 0.15) is 5.60 Å². The van der Waals surface area contributed by atoms with Crippen LogP contribution in [0.5, 0.6) is 0 Å². The van der Waals surface area contributed by atoms with E-state index in [9.17, 15) is 9.59 Å². The van der Waals surface area contributed by atoms with Crippen LogP contribution in [-0.2, 0) is 19.1 Å². The van der Waals surface area contributed by atoms with Gasteiger partial charge in [-0.2, -0.15) is 0 Å². The zero-order valence-corrected chi connectivity index (χ0v) is 12.2. The van der Waals surface area contributed by atoms with E-state index in [1.807, 2.05) is 34.6 Å². The average Bonchev–Trinajstić information content (AvgIpc) is 2.74. The van der Waals surface area contributed by atoms with Crippen LogP contribution >= 0.6 is 0 Å². The molecule has 1 rings (SSSR count). The number of hydrogen-bond donors (Lipinski definition) is 0. The SMILES string of the molecule is CCC(=O)OCC1C(C(=O)OC(C)(C)C)C1(C)C. The van der Waals surface area contributed by atoms with Gasteiger partial charge in [-0.15, -0.1) is 0 Å². The van der Waals surface area contributed by atoms with Crippen molar-refractivity contribution in [1.82, 2.24) is 0 Å². The van der Waals surface area contributed by atoms with Gasteiger partial charge in [-0.25, -0.2) is 0 Å². The van der Waals surface area contributed by atoms with E-state index in [1.165, 1.54) is 0 Å². The fourth-order valence-electron chi connectivity index (χ4n) is 2.17. The molecule has 0 aromatic rings. The van der Waals surface area contributed by atoms with E-state index in [0.717, 1.165) is 0 Å². The van der Waals surface area contributed by atoms with Crippen molar-refractivity contribution in [2.75, 3.05) is 6.61 Å². The summed E-state index contributed by atoms with van der Waals surface area (Å²) in [6.45, 7) is 11.6. The number of carbonyl (C=O) groups is 2. The van der Waals surface area contributed by atoms with Gasteiger partial charge >= 0.3 is 11.9 Å². The summed E-state index contributed by atoms with van der Waals surface area (Å²) in [5, 5.41) is 0. The highest BCUT2D eigenvalue weighted by Crippen LogP contribution is 2.59. The first-order valence-electron chi connectivity index (χ1n) is 6.48. The molecule has 1 aliphatic rings. The molecule has 0 spiro atoms. The molecule has 0 aromatic heterocycles. The standard InChI is InChI=1S/C14H24O4/c1-7-10(15)17-8-9-11(14(9,5)6)12(16)18-13(2,3)4/h9,11H,7-8H2,1-6H3. The number of esters is 2. The van der Waals surface area contributed by atoms with Gasteiger partial charge < -0.3 is 9.47 Å². The minimum Gasteiger partial charge on any atom is -0.465 e. The molecule has 1 saturated carbocycles. The molecule has 1 aliphatic carbocycles. The molecule has 2 atom stereocenters. The van der Waals surface area contributed by atoms with Crippen LogP contribution in [0.4, 0.5) is 0 Å². The Bertz CT molecular complexity index is 338. The second kappa shape index (κ2) is 4.90. The van der Waals surface area contributed by atoms with Crippen LogP contribution in [0.25, 0.3) is 0 Å². The zero-order valence-electron chi connectivity index (χ0n) is 12.2. The Labute approximate surface area is 109 Å². The van der Waals surface area contributed by atoms with Crippen molar-refractivity contribution >= 4 is 11.9 Å². The van der Waals surface area contributed by atoms with Gasteiger partial charge in [-0.3, -0.25) is 9.59 Å². The minimum absolute atomic E-state index is 0.0721. The first kappa shape index (κ1) is 15.0. The molecule has 0 aliphatic heterocycles. The molecule has 0 amide bonds. The Morgan fingerprint density at radius 3 is 2.22 bits per heavy atom. The summed E-state index contributed by atoms with van der Waals surface area (Å²) < 4.78 is 10.5. The Kier molecular flexibility index (Phi) is 4.08. The Morgan fingerprint density at radius 1 is 1.22 bits per heavy atom. The molecule has 0 saturated heterocycles. The zero-order chi connectivity index (χ0) is 14.1. The summed E-state index contributed by atoms with van der Waals surface area (Å²) in [6, 6.07) is 0. The molecule has 0 heterocycles. The second-order valence-electron chi connectivity index (χ2n) is 6.48. The lowest BCUT2D eigenvalue weighted by Crippen LogP contribution is -2.26. The van der Waals surface area contributed by atoms with Crippen LogP contribution < -0.4 is 0 Å². The molecule has 0 N–H and O–H groups in total. The van der Waals surface area contributed by atoms with Gasteiger partial charge in [-0.1, -0.05) is 20.8 Å². The van der Waals surface area contributed by atoms with E-state index in [4.69, 9.17) is 9.47 Å². The first-order valence-corrected chi connectivity index (χ1v) is 6.48. The molecule has 104 valence electrons. The number of ether oxygens (including phenoxy) is 2. The van der Waals surface area contributed by atoms with E-state index >= 15 is 0 Å². The maximum atomic E-state index is 12.0. The molecule has 0 aromatic carbocycles. The van der Waals surface area contributed by atoms with Gasteiger partial charge in [0, 0.05) is 12.3 Å². The molecule has 2 unspecified atom stereocenters. The van der Waals surface area contributed by atoms with Crippen LogP contribution in [0.15, 0.2) is 0 Å². The van der Waals surface area contributed by atoms with Crippen molar-refractivity contribution in [3.05, 3.63) is 0 Å². The van der Waals surface area contributed by atoms with Gasteiger partial charge in [0.25, 0.3) is 0 Å². The molecule has 4 nitrogen and oxygen atoms in total. The molecule has 0 radical (unpaired) electrons. The van der Waals surface area contributed by atoms with Crippen molar-refractivity contribution < 1.29 is 19.1 Å². The summed E-state index contributed by atoms with van der Waals surface area (Å²) in [6.07, 6.45) is 0.365. The summed E-state index contributed by atoms with van der Waals surface area (Å²) in [4.78, 5) is 23.1. The quantitative estimate of drug-likeness (QED) is 0.725. The minimum atomic E-state index is -0.472. The second-order valence-corrected chi connectivity index (χ2v) is 6.48. The lowest BCUT2D eigenvalue weighted by atomic mass is 10.1. The van der Waals surface area contributed by atoms with E-state index in [1.54, 1.807) is 6.92 Å². The lowest BCUT2D eigenvalue weighted by molar-refractivity contribution is -0.158. The molecule has 0 bridgehead atoms. The van der Waals surface area contributed by atoms with E-state index < -0.39 is 5.60 Å². The van der Waals surface area contributed by atoms with Crippen molar-refractivity contribution in [2.45, 2.75) is 53.6 Å². The normalized spacial score (nSPS) is 25.4. The van der Waals surface area contributed by atoms with Gasteiger partial charge in [-0.05, 0) is 26.2 Å². The maximum Gasteiger partial charge on any atom is 0.310 e. The van der Waals surface area contributed by atoms with Crippen LogP contribution in [0.2, 0.25) is 0 Å². The van der Waals surface area contributed by atoms with E-state index in [-0.39, 0.29) is 29.2 Å². The van der Waals surface area contributed by atoms with Gasteiger partial charge in [0.2, 0.25) is 0 Å². The fourth-order valence-corrected chi connectivity index (χ4v) is 2.17. The lowest BCUT2D eigenvalue weighted by Gasteiger charge is -2.20. The summed E-state index contributed by atoms with van der Waals surface area (Å²) >= 11 is 0. The van der Waals surface area contributed by atoms with Crippen LogP contribution in [0.3, 0.4) is 0 Å². The molecular weight excluding hydrogens is 232 g/mol. The number of hydrogen-bond acceptors (Lipinski definition) is 4. The smallest absolute Gasteiger partial charge is 0.310 e. The first-order chi connectivity index (χ1) is 8.09. The van der Waals surface area contributed by atoms with Crippen LogP contribution in [-0.4, -0.2) is 24.1 Å². The topological polar surface area (TPSA) is 52.6 Å². The van der Waals surface area contributed by atoms with Crippen LogP contribution in [0, 0.1) is 17.3 Å². The predicted molar refractivity (Wildman–Crippen MR) is 67.9 cm³/mol. The van der Waals surface area contributed by atoms with E-state index in [2.05, 4.69) is 0 Å². The van der Waals surface area contributed by atoms with E-state index in [0.29, 0.717) is 13.0 Å². The third-order valence-electron chi connectivity index (χ3n) is 3.42. The third kappa shape index (κ3) is 3.47. The average molecular weight is 256 g/mol. The summed E-state index contributed by atoms with van der Waals surface area (Å²) in [5.41, 5.74) is -0.614. The van der Waals surface area contributed by atoms with Gasteiger partial charge in [0.05, 0.1) is 12.5 Å². The molecule has 1 fully saturated rings. The van der Waals surface area contributed by atoms with Gasteiger partial charge in [0.15, 0.2) is 0 Å². The largest absolute Gasteiger partial charge is 0.465 e. The Hall–Kier alpha value is -1.06. The molecule has 4 heteroatoms. The summed E-state index contributed by atoms with van der Waals surface area (Å²) in [5.74, 6) is -0.505. The van der Waals surface area contributed by atoms with Crippen molar-refractivity contribution in [1.29, 1.82) is 0 Å². The van der Waals surface area contributed by atoms with Crippen molar-refractivity contribution in [3.63, 3.8) is 0 Å².